The summed E-state index contributed by atoms with van der Waals surface area (Å²) in [6.07, 6.45) is 13.9. The lowest BCUT2D eigenvalue weighted by molar-refractivity contribution is 0.102. The normalized spacial score (nSPS) is 20.7. The molecule has 8 heteroatoms. The van der Waals surface area contributed by atoms with Gasteiger partial charge in [-0.1, -0.05) is 19.9 Å². The van der Waals surface area contributed by atoms with Crippen molar-refractivity contribution < 1.29 is 4.79 Å². The number of allylic oxidation sites excluding steroid dienone is 1. The van der Waals surface area contributed by atoms with Crippen LogP contribution in [0.25, 0.3) is 11.2 Å². The highest BCUT2D eigenvalue weighted by molar-refractivity contribution is 6.09. The Kier molecular flexibility index (Phi) is 5.91. The van der Waals surface area contributed by atoms with E-state index in [9.17, 15) is 4.79 Å². The van der Waals surface area contributed by atoms with Crippen molar-refractivity contribution in [2.45, 2.75) is 64.8 Å². The molecule has 0 spiro atoms. The Balaban J connectivity index is 1.35. The van der Waals surface area contributed by atoms with E-state index in [1.54, 1.807) is 10.7 Å². The minimum absolute atomic E-state index is 0.242. The highest BCUT2D eigenvalue weighted by Gasteiger charge is 2.25. The highest BCUT2D eigenvalue weighted by atomic mass is 16.1. The van der Waals surface area contributed by atoms with Crippen molar-refractivity contribution in [3.63, 3.8) is 0 Å². The van der Waals surface area contributed by atoms with Crippen LogP contribution >= 0.6 is 0 Å². The number of carbonyl (C=O) groups excluding carboxylic acids is 1. The maximum Gasteiger partial charge on any atom is 0.261 e. The van der Waals surface area contributed by atoms with Crippen LogP contribution < -0.4 is 10.6 Å². The fraction of sp³-hybridized carbons (Fsp3) is 0.520. The third-order valence-electron chi connectivity index (χ3n) is 7.03. The summed E-state index contributed by atoms with van der Waals surface area (Å²) in [7, 11) is 0. The van der Waals surface area contributed by atoms with Gasteiger partial charge in [-0.05, 0) is 68.9 Å². The Morgan fingerprint density at radius 1 is 1.18 bits per heavy atom. The van der Waals surface area contributed by atoms with Gasteiger partial charge in [0.05, 0.1) is 17.9 Å². The second-order valence-corrected chi connectivity index (χ2v) is 9.65. The van der Waals surface area contributed by atoms with Gasteiger partial charge in [0.25, 0.3) is 5.91 Å². The number of hydrogen-bond acceptors (Lipinski definition) is 5. The third-order valence-corrected chi connectivity index (χ3v) is 7.03. The van der Waals surface area contributed by atoms with Crippen molar-refractivity contribution in [3.05, 3.63) is 42.5 Å². The summed E-state index contributed by atoms with van der Waals surface area (Å²) in [6.45, 7) is 9.19. The van der Waals surface area contributed by atoms with Gasteiger partial charge in [0.15, 0.2) is 5.65 Å². The molecule has 2 aliphatic rings. The summed E-state index contributed by atoms with van der Waals surface area (Å²) in [5.74, 6) is 2.09. The van der Waals surface area contributed by atoms with Crippen LogP contribution in [-0.4, -0.2) is 36.8 Å². The van der Waals surface area contributed by atoms with E-state index in [2.05, 4.69) is 34.2 Å². The van der Waals surface area contributed by atoms with Crippen LogP contribution in [0.1, 0.15) is 80.9 Å². The average Bonchev–Trinajstić information content (AvgIpc) is 3.41. The van der Waals surface area contributed by atoms with Gasteiger partial charge in [0.2, 0.25) is 0 Å². The SMILES string of the molecule is C=C(C)c1nn([C@H]2CC[C@H](CC)CC2)cc1NC(=O)c1cnn2ccc(NCC3CC3)nc12. The van der Waals surface area contributed by atoms with Crippen molar-refractivity contribution in [2.24, 2.45) is 11.8 Å². The molecule has 174 valence electrons. The fourth-order valence-corrected chi connectivity index (χ4v) is 4.69. The van der Waals surface area contributed by atoms with E-state index in [0.29, 0.717) is 22.9 Å². The van der Waals surface area contributed by atoms with Crippen molar-refractivity contribution in [2.75, 3.05) is 17.2 Å². The smallest absolute Gasteiger partial charge is 0.261 e. The second-order valence-electron chi connectivity index (χ2n) is 9.65. The number of amides is 1. The van der Waals surface area contributed by atoms with E-state index < -0.39 is 0 Å². The lowest BCUT2D eigenvalue weighted by Crippen LogP contribution is -2.18. The van der Waals surface area contributed by atoms with Crippen LogP contribution in [-0.2, 0) is 0 Å². The molecule has 0 radical (unpaired) electrons. The molecule has 2 N–H and O–H groups in total. The number of nitrogens with zero attached hydrogens (tertiary/aromatic N) is 5. The van der Waals surface area contributed by atoms with E-state index in [-0.39, 0.29) is 5.91 Å². The lowest BCUT2D eigenvalue weighted by atomic mass is 9.85. The summed E-state index contributed by atoms with van der Waals surface area (Å²) in [5.41, 5.74) is 3.23. The molecule has 3 aromatic heterocycles. The first kappa shape index (κ1) is 21.7. The zero-order chi connectivity index (χ0) is 22.9. The number of hydrogen-bond donors (Lipinski definition) is 2. The van der Waals surface area contributed by atoms with Gasteiger partial charge in [0.1, 0.15) is 17.1 Å². The topological polar surface area (TPSA) is 89.1 Å². The van der Waals surface area contributed by atoms with E-state index in [1.165, 1.54) is 32.1 Å². The maximum absolute atomic E-state index is 13.2. The zero-order valence-corrected chi connectivity index (χ0v) is 19.5. The van der Waals surface area contributed by atoms with Gasteiger partial charge >= 0.3 is 0 Å². The molecule has 5 rings (SSSR count). The first-order chi connectivity index (χ1) is 16.0. The quantitative estimate of drug-likeness (QED) is 0.497. The monoisotopic (exact) mass is 447 g/mol. The molecule has 1 amide bonds. The van der Waals surface area contributed by atoms with Crippen LogP contribution in [0.3, 0.4) is 0 Å². The summed E-state index contributed by atoms with van der Waals surface area (Å²) < 4.78 is 3.66. The fourth-order valence-electron chi connectivity index (χ4n) is 4.69. The number of aromatic nitrogens is 5. The number of nitrogens with one attached hydrogen (secondary N) is 2. The molecular weight excluding hydrogens is 414 g/mol. The Hall–Kier alpha value is -3.16. The minimum Gasteiger partial charge on any atom is -0.370 e. The van der Waals surface area contributed by atoms with E-state index in [0.717, 1.165) is 48.3 Å². The molecular formula is C25H33N7O. The van der Waals surface area contributed by atoms with Crippen LogP contribution in [0.15, 0.2) is 31.2 Å². The largest absolute Gasteiger partial charge is 0.370 e. The second kappa shape index (κ2) is 9.00. The predicted molar refractivity (Wildman–Crippen MR) is 130 cm³/mol. The molecule has 3 aromatic rings. The van der Waals surface area contributed by atoms with Crippen molar-refractivity contribution in [1.29, 1.82) is 0 Å². The molecule has 0 bridgehead atoms. The number of anilines is 2. The van der Waals surface area contributed by atoms with Gasteiger partial charge in [-0.25, -0.2) is 9.50 Å². The van der Waals surface area contributed by atoms with Crippen molar-refractivity contribution in [3.8, 4) is 0 Å². The van der Waals surface area contributed by atoms with Crippen LogP contribution in [0.2, 0.25) is 0 Å². The van der Waals surface area contributed by atoms with Gasteiger partial charge in [-0.2, -0.15) is 10.2 Å². The molecule has 8 nitrogen and oxygen atoms in total. The molecule has 0 atom stereocenters. The first-order valence-corrected chi connectivity index (χ1v) is 12.2. The molecule has 3 heterocycles. The molecule has 0 aromatic carbocycles. The van der Waals surface area contributed by atoms with E-state index >= 15 is 0 Å². The third kappa shape index (κ3) is 4.65. The number of carbonyl (C=O) groups is 1. The first-order valence-electron chi connectivity index (χ1n) is 12.2. The van der Waals surface area contributed by atoms with Gasteiger partial charge in [-0.15, -0.1) is 0 Å². The van der Waals surface area contributed by atoms with E-state index in [1.807, 2.05) is 30.1 Å². The molecule has 0 aliphatic heterocycles. The highest BCUT2D eigenvalue weighted by Crippen LogP contribution is 2.35. The van der Waals surface area contributed by atoms with Gasteiger partial charge in [0, 0.05) is 18.9 Å². The van der Waals surface area contributed by atoms with E-state index in [4.69, 9.17) is 5.10 Å². The lowest BCUT2D eigenvalue weighted by Gasteiger charge is -2.27. The minimum atomic E-state index is -0.242. The summed E-state index contributed by atoms with van der Waals surface area (Å²) in [5, 5.41) is 15.5. The summed E-state index contributed by atoms with van der Waals surface area (Å²) in [6, 6.07) is 2.26. The predicted octanol–water partition coefficient (Wildman–Crippen LogP) is 5.17. The molecule has 33 heavy (non-hydrogen) atoms. The van der Waals surface area contributed by atoms with Crippen LogP contribution in [0.4, 0.5) is 11.5 Å². The molecule has 2 aliphatic carbocycles. The zero-order valence-electron chi connectivity index (χ0n) is 19.5. The Bertz CT molecular complexity index is 1160. The molecule has 0 unspecified atom stereocenters. The maximum atomic E-state index is 13.2. The molecule has 2 saturated carbocycles. The number of fused-ring (bicyclic) bond motifs is 1. The standard InChI is InChI=1S/C25H33N7O/c1-4-17-7-9-19(10-8-17)32-15-21(23(30-32)16(2)3)28-25(33)20-14-27-31-12-11-22(29-24(20)31)26-13-18-5-6-18/h11-12,14-15,17-19H,2,4-10,13H2,1,3H3,(H,26,29)(H,28,33)/t17-,19-. The Morgan fingerprint density at radius 2 is 1.94 bits per heavy atom. The molecule has 0 saturated heterocycles. The van der Waals surface area contributed by atoms with Crippen LogP contribution in [0.5, 0.6) is 0 Å². The summed E-state index contributed by atoms with van der Waals surface area (Å²) >= 11 is 0. The van der Waals surface area contributed by atoms with Crippen molar-refractivity contribution >= 4 is 28.6 Å². The number of rotatable bonds is 8. The average molecular weight is 448 g/mol. The van der Waals surface area contributed by atoms with Crippen molar-refractivity contribution in [1.82, 2.24) is 24.4 Å². The van der Waals surface area contributed by atoms with Crippen LogP contribution in [0, 0.1) is 11.8 Å². The molecule has 2 fully saturated rings. The Labute approximate surface area is 194 Å². The Morgan fingerprint density at radius 3 is 2.64 bits per heavy atom. The summed E-state index contributed by atoms with van der Waals surface area (Å²) in [4.78, 5) is 17.9. The van der Waals surface area contributed by atoms with Gasteiger partial charge < -0.3 is 10.6 Å². The van der Waals surface area contributed by atoms with Gasteiger partial charge in [-0.3, -0.25) is 9.48 Å².